The fourth-order valence-corrected chi connectivity index (χ4v) is 1.53. The van der Waals surface area contributed by atoms with Crippen molar-refractivity contribution in [2.45, 2.75) is 0 Å². The van der Waals surface area contributed by atoms with Gasteiger partial charge in [-0.05, 0) is 6.07 Å². The van der Waals surface area contributed by atoms with Crippen molar-refractivity contribution in [1.82, 2.24) is 0 Å². The molecule has 0 bridgehead atoms. The van der Waals surface area contributed by atoms with Gasteiger partial charge in [0.15, 0.2) is 6.61 Å². The molecule has 0 N–H and O–H groups in total. The fourth-order valence-electron chi connectivity index (χ4n) is 0.935. The first-order chi connectivity index (χ1) is 8.43. The molecule has 0 saturated carbocycles. The molecule has 0 spiro atoms. The molecule has 19 heavy (non-hydrogen) atoms. The Labute approximate surface area is 137 Å². The molecule has 0 amide bonds. The van der Waals surface area contributed by atoms with E-state index in [4.69, 9.17) is 39.5 Å². The molecule has 98 valence electrons. The van der Waals surface area contributed by atoms with E-state index < -0.39 is 18.5 Å². The summed E-state index contributed by atoms with van der Waals surface area (Å²) >= 11 is 17.3. The molecule has 0 saturated heterocycles. The number of carbonyl (C=O) groups is 2. The van der Waals surface area contributed by atoms with E-state index in [1.165, 1.54) is 12.1 Å². The van der Waals surface area contributed by atoms with Gasteiger partial charge in [0.1, 0.15) is 5.75 Å². The molecule has 0 atom stereocenters. The molecule has 0 radical (unpaired) electrons. The smallest absolute Gasteiger partial charge is 0.352 e. The van der Waals surface area contributed by atoms with Crippen molar-refractivity contribution < 1.29 is 38.5 Å². The second-order valence-corrected chi connectivity index (χ2v) is 4.20. The number of hydrogen-bond acceptors (Lipinski definition) is 4. The van der Waals surface area contributed by atoms with Crippen LogP contribution in [0.25, 0.3) is 0 Å². The second kappa shape index (κ2) is 8.54. The third-order valence-electron chi connectivity index (χ3n) is 1.70. The van der Waals surface area contributed by atoms with Gasteiger partial charge in [0, 0.05) is 31.6 Å². The topological polar surface area (TPSA) is 52.6 Å². The molecule has 0 aliphatic rings. The molecule has 0 aromatic heterocycles. The van der Waals surface area contributed by atoms with Crippen LogP contribution in [-0.2, 0) is 33.8 Å². The predicted octanol–water partition coefficient (Wildman–Crippen LogP) is 3.28. The quantitative estimate of drug-likeness (QED) is 0.267. The monoisotopic (exact) mass is 372 g/mol. The van der Waals surface area contributed by atoms with E-state index in [2.05, 4.69) is 11.3 Å². The minimum absolute atomic E-state index is 0. The average Bonchev–Trinajstić information content (AvgIpc) is 2.32. The Kier molecular flexibility index (Phi) is 8.27. The zero-order valence-electron chi connectivity index (χ0n) is 9.62. The van der Waals surface area contributed by atoms with Crippen LogP contribution in [0.15, 0.2) is 24.8 Å². The first kappa shape index (κ1) is 18.4. The van der Waals surface area contributed by atoms with Crippen LogP contribution in [0.1, 0.15) is 0 Å². The number of carbonyl (C=O) groups excluding carboxylic acids is 2. The first-order valence-corrected chi connectivity index (χ1v) is 5.72. The molecule has 1 rings (SSSR count). The molecule has 0 aliphatic carbocycles. The Morgan fingerprint density at radius 2 is 1.74 bits per heavy atom. The van der Waals surface area contributed by atoms with E-state index >= 15 is 0 Å². The molecule has 0 fully saturated rings. The van der Waals surface area contributed by atoms with E-state index in [0.717, 1.165) is 6.08 Å². The van der Waals surface area contributed by atoms with Gasteiger partial charge in [-0.15, -0.1) is 0 Å². The Morgan fingerprint density at radius 1 is 1.16 bits per heavy atom. The number of benzene rings is 1. The largest absolute Gasteiger partial charge is 0.480 e. The maximum Gasteiger partial charge on any atom is 0.352 e. The van der Waals surface area contributed by atoms with Gasteiger partial charge in [0.2, 0.25) is 0 Å². The van der Waals surface area contributed by atoms with Gasteiger partial charge in [-0.3, -0.25) is 0 Å². The number of halogens is 3. The minimum atomic E-state index is -0.873. The molecule has 1 aromatic carbocycles. The zero-order valence-corrected chi connectivity index (χ0v) is 14.9. The van der Waals surface area contributed by atoms with E-state index in [-0.39, 0.29) is 40.3 Å². The normalized spacial score (nSPS) is 9.21. The Bertz CT molecular complexity index is 505. The zero-order chi connectivity index (χ0) is 13.7. The van der Waals surface area contributed by atoms with Crippen LogP contribution in [0, 0.1) is 0 Å². The summed E-state index contributed by atoms with van der Waals surface area (Å²) in [6.07, 6.45) is 0.865. The maximum atomic E-state index is 11.1. The van der Waals surface area contributed by atoms with Gasteiger partial charge in [0.05, 0.1) is 15.1 Å². The van der Waals surface area contributed by atoms with Crippen molar-refractivity contribution >= 4 is 46.7 Å². The van der Waals surface area contributed by atoms with Gasteiger partial charge in [-0.2, -0.15) is 0 Å². The Hall–Kier alpha value is -0.607. The van der Waals surface area contributed by atoms with Crippen molar-refractivity contribution in [3.8, 4) is 5.75 Å². The van der Waals surface area contributed by atoms with Crippen LogP contribution in [0.2, 0.25) is 15.1 Å². The van der Waals surface area contributed by atoms with Crippen molar-refractivity contribution in [3.05, 3.63) is 39.9 Å². The Morgan fingerprint density at radius 3 is 2.32 bits per heavy atom. The third kappa shape index (κ3) is 5.92. The van der Waals surface area contributed by atoms with Crippen LogP contribution in [0.5, 0.6) is 5.75 Å². The van der Waals surface area contributed by atoms with Crippen LogP contribution in [0.3, 0.4) is 0 Å². The number of rotatable bonds is 4. The van der Waals surface area contributed by atoms with Gasteiger partial charge in [-0.25, -0.2) is 9.59 Å². The molecule has 4 nitrogen and oxygen atoms in total. The maximum absolute atomic E-state index is 11.1. The van der Waals surface area contributed by atoms with Gasteiger partial charge in [-0.1, -0.05) is 41.4 Å². The molecule has 8 heteroatoms. The molecular weight excluding hydrogens is 368 g/mol. The van der Waals surface area contributed by atoms with E-state index in [9.17, 15) is 9.59 Å². The summed E-state index contributed by atoms with van der Waals surface area (Å²) in [5.74, 6) is -1.57. The number of ether oxygens (including phenoxy) is 2. The molecule has 0 aliphatic heterocycles. The van der Waals surface area contributed by atoms with Crippen molar-refractivity contribution in [2.75, 3.05) is 6.61 Å². The summed E-state index contributed by atoms with van der Waals surface area (Å²) in [4.78, 5) is 21.8. The summed E-state index contributed by atoms with van der Waals surface area (Å²) in [5.41, 5.74) is 0. The SMILES string of the molecule is C=CC(=O)OC(=O)COc1cc(Cl)c(Cl)cc1Cl.[Zn]. The molecule has 0 unspecified atom stereocenters. The van der Waals surface area contributed by atoms with Gasteiger partial charge < -0.3 is 9.47 Å². The average molecular weight is 375 g/mol. The Balaban J connectivity index is 0.00000324. The van der Waals surface area contributed by atoms with Crippen molar-refractivity contribution in [3.63, 3.8) is 0 Å². The standard InChI is InChI=1S/C11H7Cl3O4.Zn/c1-2-10(15)18-11(16)5-17-9-4-7(13)6(12)3-8(9)14;/h2-4H,1,5H2;. The van der Waals surface area contributed by atoms with E-state index in [0.29, 0.717) is 0 Å². The summed E-state index contributed by atoms with van der Waals surface area (Å²) < 4.78 is 9.34. The summed E-state index contributed by atoms with van der Waals surface area (Å²) in [5, 5.41) is 0.678. The van der Waals surface area contributed by atoms with Gasteiger partial charge in [0.25, 0.3) is 0 Å². The molecular formula is C11H7Cl3O4Zn. The first-order valence-electron chi connectivity index (χ1n) is 4.58. The second-order valence-electron chi connectivity index (χ2n) is 2.98. The van der Waals surface area contributed by atoms with Gasteiger partial charge >= 0.3 is 11.9 Å². The van der Waals surface area contributed by atoms with Crippen LogP contribution >= 0.6 is 34.8 Å². The van der Waals surface area contributed by atoms with Crippen molar-refractivity contribution in [1.29, 1.82) is 0 Å². The number of hydrogen-bond donors (Lipinski definition) is 0. The van der Waals surface area contributed by atoms with Crippen LogP contribution in [-0.4, -0.2) is 18.5 Å². The van der Waals surface area contributed by atoms with E-state index in [1.807, 2.05) is 0 Å². The van der Waals surface area contributed by atoms with E-state index in [1.54, 1.807) is 0 Å². The number of esters is 2. The predicted molar refractivity (Wildman–Crippen MR) is 68.3 cm³/mol. The molecule has 0 heterocycles. The van der Waals surface area contributed by atoms with Crippen LogP contribution in [0.4, 0.5) is 0 Å². The molecule has 1 aromatic rings. The summed E-state index contributed by atoms with van der Waals surface area (Å²) in [6, 6.07) is 2.73. The van der Waals surface area contributed by atoms with Crippen molar-refractivity contribution in [2.24, 2.45) is 0 Å². The third-order valence-corrected chi connectivity index (χ3v) is 2.72. The van der Waals surface area contributed by atoms with Crippen LogP contribution < -0.4 is 4.74 Å². The minimum Gasteiger partial charge on any atom is -0.480 e. The summed E-state index contributed by atoms with van der Waals surface area (Å²) in [7, 11) is 0. The fraction of sp³-hybridized carbons (Fsp3) is 0.0909. The summed E-state index contributed by atoms with van der Waals surface area (Å²) in [6.45, 7) is 2.66.